The van der Waals surface area contributed by atoms with Crippen LogP contribution in [0.2, 0.25) is 0 Å². The van der Waals surface area contributed by atoms with Crippen molar-refractivity contribution in [1.29, 1.82) is 0 Å². The summed E-state index contributed by atoms with van der Waals surface area (Å²) in [5.74, 6) is 2.28. The van der Waals surface area contributed by atoms with Crippen LogP contribution in [0.25, 0.3) is 11.0 Å². The van der Waals surface area contributed by atoms with E-state index in [0.717, 1.165) is 29.0 Å². The minimum Gasteiger partial charge on any atom is -0.491 e. The number of rotatable bonds is 6. The molecule has 0 saturated carbocycles. The molecule has 0 radical (unpaired) electrons. The molecule has 0 aliphatic rings. The first-order chi connectivity index (χ1) is 9.97. The Hall–Kier alpha value is -1.22. The first-order valence-electron chi connectivity index (χ1n) is 7.75. The lowest BCUT2D eigenvalue weighted by molar-refractivity contribution is 0.320. The molecule has 21 heavy (non-hydrogen) atoms. The normalized spacial score (nSPS) is 14.6. The second-order valence-electron chi connectivity index (χ2n) is 5.91. The molecule has 2 unspecified atom stereocenters. The predicted molar refractivity (Wildman–Crippen MR) is 89.3 cm³/mol. The number of ether oxygens (including phenoxy) is 1. The van der Waals surface area contributed by atoms with Crippen molar-refractivity contribution in [1.82, 2.24) is 9.55 Å². The van der Waals surface area contributed by atoms with Crippen LogP contribution in [-0.4, -0.2) is 16.2 Å². The molecule has 0 saturated heterocycles. The van der Waals surface area contributed by atoms with Gasteiger partial charge < -0.3 is 9.30 Å². The molecule has 4 heteroatoms. The molecule has 0 aliphatic heterocycles. The maximum atomic E-state index is 6.36. The van der Waals surface area contributed by atoms with E-state index in [-0.39, 0.29) is 5.38 Å². The van der Waals surface area contributed by atoms with Gasteiger partial charge in [-0.3, -0.25) is 0 Å². The zero-order valence-electron chi connectivity index (χ0n) is 13.6. The van der Waals surface area contributed by atoms with Crippen LogP contribution in [0.3, 0.4) is 0 Å². The van der Waals surface area contributed by atoms with E-state index >= 15 is 0 Å². The van der Waals surface area contributed by atoms with Gasteiger partial charge in [-0.25, -0.2) is 4.98 Å². The average Bonchev–Trinajstić information content (AvgIpc) is 2.84. The summed E-state index contributed by atoms with van der Waals surface area (Å²) < 4.78 is 8.10. The van der Waals surface area contributed by atoms with Crippen LogP contribution in [0, 0.1) is 5.92 Å². The van der Waals surface area contributed by atoms with Crippen molar-refractivity contribution in [3.8, 4) is 5.75 Å². The Balaban J connectivity index is 2.62. The lowest BCUT2D eigenvalue weighted by Crippen LogP contribution is -2.14. The van der Waals surface area contributed by atoms with Crippen molar-refractivity contribution in [2.75, 3.05) is 6.61 Å². The number of fused-ring (bicyclic) bond motifs is 1. The molecule has 116 valence electrons. The summed E-state index contributed by atoms with van der Waals surface area (Å²) in [5, 5.41) is -0.127. The lowest BCUT2D eigenvalue weighted by Gasteiger charge is -2.22. The van der Waals surface area contributed by atoms with Crippen LogP contribution in [-0.2, 0) is 0 Å². The molecule has 2 atom stereocenters. The minimum absolute atomic E-state index is 0.127. The number of imidazole rings is 1. The standard InChI is InChI=1S/C17H25ClN2O/c1-6-10-21-15-9-7-8-14-16(15)19-17(12(4)18)20(14)13(5)11(2)3/h7-9,11-13H,6,10H2,1-5H3. The summed E-state index contributed by atoms with van der Waals surface area (Å²) in [5.41, 5.74) is 2.02. The van der Waals surface area contributed by atoms with E-state index in [9.17, 15) is 0 Å². The quantitative estimate of drug-likeness (QED) is 0.673. The van der Waals surface area contributed by atoms with E-state index in [1.54, 1.807) is 0 Å². The topological polar surface area (TPSA) is 27.1 Å². The van der Waals surface area contributed by atoms with E-state index in [1.165, 1.54) is 0 Å². The highest BCUT2D eigenvalue weighted by atomic mass is 35.5. The van der Waals surface area contributed by atoms with Gasteiger partial charge in [0.1, 0.15) is 17.1 Å². The molecule has 1 heterocycles. The van der Waals surface area contributed by atoms with E-state index in [1.807, 2.05) is 19.1 Å². The minimum atomic E-state index is -0.127. The van der Waals surface area contributed by atoms with Crippen LogP contribution in [0.5, 0.6) is 5.75 Å². The van der Waals surface area contributed by atoms with Crippen molar-refractivity contribution in [3.05, 3.63) is 24.0 Å². The monoisotopic (exact) mass is 308 g/mol. The molecule has 0 fully saturated rings. The number of benzene rings is 1. The summed E-state index contributed by atoms with van der Waals surface area (Å²) in [7, 11) is 0. The van der Waals surface area contributed by atoms with Crippen molar-refractivity contribution < 1.29 is 4.74 Å². The Morgan fingerprint density at radius 3 is 2.52 bits per heavy atom. The number of aromatic nitrogens is 2. The van der Waals surface area contributed by atoms with Gasteiger partial charge in [-0.1, -0.05) is 26.8 Å². The van der Waals surface area contributed by atoms with Gasteiger partial charge in [0.2, 0.25) is 0 Å². The fraction of sp³-hybridized carbons (Fsp3) is 0.588. The van der Waals surface area contributed by atoms with Crippen LogP contribution in [0.1, 0.15) is 58.3 Å². The third-order valence-corrected chi connectivity index (χ3v) is 4.10. The molecule has 0 amide bonds. The van der Waals surface area contributed by atoms with E-state index < -0.39 is 0 Å². The van der Waals surface area contributed by atoms with E-state index in [2.05, 4.69) is 38.3 Å². The van der Waals surface area contributed by atoms with Gasteiger partial charge in [0.05, 0.1) is 17.5 Å². The molecular formula is C17H25ClN2O. The molecule has 2 aromatic rings. The highest BCUT2D eigenvalue weighted by Gasteiger charge is 2.22. The molecule has 0 bridgehead atoms. The smallest absolute Gasteiger partial charge is 0.147 e. The summed E-state index contributed by atoms with van der Waals surface area (Å²) in [6.45, 7) is 11.4. The molecule has 3 nitrogen and oxygen atoms in total. The summed E-state index contributed by atoms with van der Waals surface area (Å²) in [6, 6.07) is 6.45. The Labute approximate surface area is 132 Å². The second kappa shape index (κ2) is 6.69. The van der Waals surface area contributed by atoms with Gasteiger partial charge in [-0.15, -0.1) is 11.6 Å². The average molecular weight is 309 g/mol. The third kappa shape index (κ3) is 3.18. The third-order valence-electron chi connectivity index (χ3n) is 3.90. The SMILES string of the molecule is CCCOc1cccc2c1nc(C(C)Cl)n2C(C)C(C)C. The highest BCUT2D eigenvalue weighted by molar-refractivity contribution is 6.20. The Morgan fingerprint density at radius 2 is 1.95 bits per heavy atom. The van der Waals surface area contributed by atoms with Crippen LogP contribution in [0.15, 0.2) is 18.2 Å². The molecular weight excluding hydrogens is 284 g/mol. The molecule has 0 spiro atoms. The number of para-hydroxylation sites is 1. The lowest BCUT2D eigenvalue weighted by atomic mass is 10.1. The fourth-order valence-corrected chi connectivity index (χ4v) is 2.60. The maximum Gasteiger partial charge on any atom is 0.147 e. The zero-order valence-corrected chi connectivity index (χ0v) is 14.3. The second-order valence-corrected chi connectivity index (χ2v) is 6.57. The number of nitrogens with zero attached hydrogens (tertiary/aromatic N) is 2. The number of alkyl halides is 1. The van der Waals surface area contributed by atoms with Crippen molar-refractivity contribution >= 4 is 22.6 Å². The summed E-state index contributed by atoms with van der Waals surface area (Å²) >= 11 is 6.36. The van der Waals surface area contributed by atoms with Crippen LogP contribution in [0.4, 0.5) is 0 Å². The van der Waals surface area contributed by atoms with Crippen molar-refractivity contribution in [2.45, 2.75) is 52.5 Å². The molecule has 1 aromatic carbocycles. The van der Waals surface area contributed by atoms with Gasteiger partial charge in [0.25, 0.3) is 0 Å². The van der Waals surface area contributed by atoms with Crippen molar-refractivity contribution in [2.24, 2.45) is 5.92 Å². The Kier molecular flexibility index (Phi) is 5.15. The summed E-state index contributed by atoms with van der Waals surface area (Å²) in [6.07, 6.45) is 0.984. The first-order valence-corrected chi connectivity index (χ1v) is 8.18. The van der Waals surface area contributed by atoms with Gasteiger partial charge in [0.15, 0.2) is 0 Å². The number of hydrogen-bond acceptors (Lipinski definition) is 2. The fourth-order valence-electron chi connectivity index (χ4n) is 2.44. The van der Waals surface area contributed by atoms with Crippen molar-refractivity contribution in [3.63, 3.8) is 0 Å². The van der Waals surface area contributed by atoms with Crippen LogP contribution >= 0.6 is 11.6 Å². The van der Waals surface area contributed by atoms with E-state index in [4.69, 9.17) is 21.3 Å². The van der Waals surface area contributed by atoms with Gasteiger partial charge in [-0.2, -0.15) is 0 Å². The van der Waals surface area contributed by atoms with Crippen LogP contribution < -0.4 is 4.74 Å². The van der Waals surface area contributed by atoms with Gasteiger partial charge in [-0.05, 0) is 38.3 Å². The number of halogens is 1. The maximum absolute atomic E-state index is 6.36. The summed E-state index contributed by atoms with van der Waals surface area (Å²) in [4.78, 5) is 4.77. The predicted octanol–water partition coefficient (Wildman–Crippen LogP) is 5.34. The highest BCUT2D eigenvalue weighted by Crippen LogP contribution is 2.34. The molecule has 0 aliphatic carbocycles. The first kappa shape index (κ1) is 16.2. The zero-order chi connectivity index (χ0) is 15.6. The largest absolute Gasteiger partial charge is 0.491 e. The number of hydrogen-bond donors (Lipinski definition) is 0. The molecule has 0 N–H and O–H groups in total. The Bertz CT molecular complexity index is 604. The van der Waals surface area contributed by atoms with Gasteiger partial charge >= 0.3 is 0 Å². The molecule has 1 aromatic heterocycles. The Morgan fingerprint density at radius 1 is 1.24 bits per heavy atom. The van der Waals surface area contributed by atoms with E-state index in [0.29, 0.717) is 18.6 Å². The molecule has 2 rings (SSSR count). The van der Waals surface area contributed by atoms with Gasteiger partial charge in [0, 0.05) is 6.04 Å².